The summed E-state index contributed by atoms with van der Waals surface area (Å²) in [5.74, 6) is -2.21. The van der Waals surface area contributed by atoms with Crippen LogP contribution in [-0.4, -0.2) is 78.0 Å². The van der Waals surface area contributed by atoms with Crippen molar-refractivity contribution in [3.05, 3.63) is 70.8 Å². The molecule has 4 rings (SSSR count). The molecule has 0 unspecified atom stereocenters. The summed E-state index contributed by atoms with van der Waals surface area (Å²) in [6.07, 6.45) is 3.51. The van der Waals surface area contributed by atoms with E-state index in [9.17, 15) is 19.2 Å². The third kappa shape index (κ3) is 5.21. The number of carbonyl (C=O) groups is 4. The SMILES string of the molecule is NCCCNCCCCNCCCN(N1C(=O)c2ccccc2C1=O)N1C(=O)c2ccccc2C1=O. The number of imide groups is 2. The number of nitrogens with one attached hydrogen (secondary N) is 2. The average Bonchev–Trinajstić information content (AvgIpc) is 3.30. The average molecular weight is 493 g/mol. The highest BCUT2D eigenvalue weighted by atomic mass is 16.2. The van der Waals surface area contributed by atoms with Crippen molar-refractivity contribution in [2.24, 2.45) is 5.73 Å². The number of hydrazine groups is 2. The molecule has 0 aromatic heterocycles. The number of hydrogen-bond donors (Lipinski definition) is 3. The third-order valence-electron chi connectivity index (χ3n) is 6.23. The van der Waals surface area contributed by atoms with Crippen LogP contribution in [0.2, 0.25) is 0 Å². The van der Waals surface area contributed by atoms with E-state index in [2.05, 4.69) is 10.6 Å². The van der Waals surface area contributed by atoms with Gasteiger partial charge in [0, 0.05) is 6.54 Å². The molecule has 4 amide bonds. The number of hydrogen-bond acceptors (Lipinski definition) is 8. The van der Waals surface area contributed by atoms with E-state index < -0.39 is 23.6 Å². The molecule has 0 spiro atoms. The smallest absolute Gasteiger partial charge is 0.277 e. The third-order valence-corrected chi connectivity index (χ3v) is 6.23. The van der Waals surface area contributed by atoms with Gasteiger partial charge in [-0.2, -0.15) is 10.0 Å². The first-order valence-corrected chi connectivity index (χ1v) is 12.4. The summed E-state index contributed by atoms with van der Waals surface area (Å²) in [4.78, 5) is 52.7. The van der Waals surface area contributed by atoms with Gasteiger partial charge in [0.1, 0.15) is 0 Å². The summed E-state index contributed by atoms with van der Waals surface area (Å²) in [5.41, 5.74) is 6.49. The monoisotopic (exact) mass is 492 g/mol. The standard InChI is InChI=1S/C26H32N6O4/c27-13-7-16-28-14-5-6-15-29-17-8-18-30(31-23(33)19-9-1-2-10-20(19)24(31)34)32-25(35)21-11-3-4-12-22(21)26(32)36/h1-4,9-12,28-29H,5-8,13-18,27H2. The topological polar surface area (TPSA) is 128 Å². The van der Waals surface area contributed by atoms with Crippen molar-refractivity contribution in [1.29, 1.82) is 0 Å². The normalized spacial score (nSPS) is 14.8. The van der Waals surface area contributed by atoms with E-state index in [0.29, 0.717) is 19.5 Å². The van der Waals surface area contributed by atoms with E-state index in [1.807, 2.05) is 0 Å². The molecule has 0 bridgehead atoms. The minimum absolute atomic E-state index is 0.130. The van der Waals surface area contributed by atoms with Crippen LogP contribution >= 0.6 is 0 Å². The number of amides is 4. The van der Waals surface area contributed by atoms with Crippen molar-refractivity contribution in [3.8, 4) is 0 Å². The number of benzene rings is 2. The number of nitrogens with two attached hydrogens (primary N) is 1. The molecule has 0 fully saturated rings. The Hall–Kier alpha value is -3.44. The second-order valence-electron chi connectivity index (χ2n) is 8.73. The second kappa shape index (κ2) is 12.0. The van der Waals surface area contributed by atoms with Crippen molar-refractivity contribution in [1.82, 2.24) is 25.8 Å². The van der Waals surface area contributed by atoms with Gasteiger partial charge in [-0.05, 0) is 82.7 Å². The summed E-state index contributed by atoms with van der Waals surface area (Å²) in [6.45, 7) is 4.10. The van der Waals surface area contributed by atoms with E-state index >= 15 is 0 Å². The number of unbranched alkanes of at least 4 members (excludes halogenated alkanes) is 1. The summed E-state index contributed by atoms with van der Waals surface area (Å²) in [6, 6.07) is 13.0. The van der Waals surface area contributed by atoms with E-state index in [1.54, 1.807) is 48.5 Å². The molecule has 190 valence electrons. The summed E-state index contributed by atoms with van der Waals surface area (Å²) in [7, 11) is 0. The van der Waals surface area contributed by atoms with Crippen molar-refractivity contribution >= 4 is 23.6 Å². The highest BCUT2D eigenvalue weighted by Crippen LogP contribution is 2.30. The molecule has 10 nitrogen and oxygen atoms in total. The fraction of sp³-hybridized carbons (Fsp3) is 0.385. The van der Waals surface area contributed by atoms with Crippen LogP contribution in [0.15, 0.2) is 48.5 Å². The van der Waals surface area contributed by atoms with Crippen LogP contribution in [0.5, 0.6) is 0 Å². The van der Waals surface area contributed by atoms with Crippen LogP contribution in [0.1, 0.15) is 67.1 Å². The lowest BCUT2D eigenvalue weighted by molar-refractivity contribution is -0.0915. The van der Waals surface area contributed by atoms with Gasteiger partial charge in [0.15, 0.2) is 0 Å². The molecular formula is C26H32N6O4. The fourth-order valence-corrected chi connectivity index (χ4v) is 4.38. The highest BCUT2D eigenvalue weighted by Gasteiger charge is 2.47. The highest BCUT2D eigenvalue weighted by molar-refractivity contribution is 6.23. The van der Waals surface area contributed by atoms with Gasteiger partial charge in [0.2, 0.25) is 0 Å². The predicted octanol–water partition coefficient (Wildman–Crippen LogP) is 1.41. The van der Waals surface area contributed by atoms with Gasteiger partial charge < -0.3 is 16.4 Å². The molecule has 0 atom stereocenters. The van der Waals surface area contributed by atoms with Gasteiger partial charge >= 0.3 is 0 Å². The molecule has 10 heteroatoms. The molecule has 0 saturated carbocycles. The van der Waals surface area contributed by atoms with Gasteiger partial charge in [0.05, 0.1) is 22.3 Å². The summed E-state index contributed by atoms with van der Waals surface area (Å²) < 4.78 is 0. The predicted molar refractivity (Wildman–Crippen MR) is 134 cm³/mol. The van der Waals surface area contributed by atoms with Crippen LogP contribution in [-0.2, 0) is 0 Å². The van der Waals surface area contributed by atoms with Gasteiger partial charge in [0.25, 0.3) is 23.6 Å². The summed E-state index contributed by atoms with van der Waals surface area (Å²) >= 11 is 0. The number of nitrogens with zero attached hydrogens (tertiary/aromatic N) is 3. The zero-order valence-corrected chi connectivity index (χ0v) is 20.2. The van der Waals surface area contributed by atoms with E-state index in [0.717, 1.165) is 48.9 Å². The number of carbonyl (C=O) groups excluding carboxylic acids is 4. The van der Waals surface area contributed by atoms with Gasteiger partial charge in [-0.1, -0.05) is 24.3 Å². The molecule has 2 aromatic carbocycles. The van der Waals surface area contributed by atoms with E-state index in [-0.39, 0.29) is 28.8 Å². The lowest BCUT2D eigenvalue weighted by Crippen LogP contribution is -2.58. The maximum absolute atomic E-state index is 13.2. The Balaban J connectivity index is 1.40. The largest absolute Gasteiger partial charge is 0.330 e. The van der Waals surface area contributed by atoms with Crippen LogP contribution in [0, 0.1) is 0 Å². The molecule has 2 aliphatic heterocycles. The van der Waals surface area contributed by atoms with E-state index in [4.69, 9.17) is 5.73 Å². The van der Waals surface area contributed by atoms with Crippen LogP contribution in [0.3, 0.4) is 0 Å². The zero-order valence-electron chi connectivity index (χ0n) is 20.2. The van der Waals surface area contributed by atoms with Gasteiger partial charge in [-0.15, -0.1) is 5.12 Å². The Labute approximate surface area is 210 Å². The lowest BCUT2D eigenvalue weighted by Gasteiger charge is -2.35. The summed E-state index contributed by atoms with van der Waals surface area (Å²) in [5, 5.41) is 9.74. The Bertz CT molecular complexity index is 991. The molecule has 2 aliphatic rings. The lowest BCUT2D eigenvalue weighted by atomic mass is 10.1. The van der Waals surface area contributed by atoms with Crippen LogP contribution in [0.4, 0.5) is 0 Å². The molecule has 36 heavy (non-hydrogen) atoms. The minimum Gasteiger partial charge on any atom is -0.330 e. The number of fused-ring (bicyclic) bond motifs is 2. The molecule has 0 radical (unpaired) electrons. The van der Waals surface area contributed by atoms with Crippen molar-refractivity contribution in [2.75, 3.05) is 39.3 Å². The van der Waals surface area contributed by atoms with Crippen molar-refractivity contribution in [3.63, 3.8) is 0 Å². The molecule has 0 aliphatic carbocycles. The first-order valence-electron chi connectivity index (χ1n) is 12.4. The van der Waals surface area contributed by atoms with Crippen LogP contribution in [0.25, 0.3) is 0 Å². The zero-order chi connectivity index (χ0) is 25.5. The molecule has 2 aromatic rings. The Morgan fingerprint density at radius 3 is 1.33 bits per heavy atom. The van der Waals surface area contributed by atoms with Gasteiger partial charge in [-0.3, -0.25) is 19.2 Å². The number of rotatable bonds is 14. The Kier molecular flexibility index (Phi) is 8.55. The Morgan fingerprint density at radius 1 is 0.583 bits per heavy atom. The maximum atomic E-state index is 13.2. The van der Waals surface area contributed by atoms with Crippen LogP contribution < -0.4 is 16.4 Å². The first kappa shape index (κ1) is 25.6. The first-order chi connectivity index (χ1) is 17.6. The minimum atomic E-state index is -0.553. The van der Waals surface area contributed by atoms with Crippen molar-refractivity contribution < 1.29 is 19.2 Å². The van der Waals surface area contributed by atoms with Gasteiger partial charge in [-0.25, -0.2) is 0 Å². The van der Waals surface area contributed by atoms with Crippen molar-refractivity contribution in [2.45, 2.75) is 25.7 Å². The quantitative estimate of drug-likeness (QED) is 0.267. The molecule has 0 saturated heterocycles. The Morgan fingerprint density at radius 2 is 0.944 bits per heavy atom. The second-order valence-corrected chi connectivity index (χ2v) is 8.73. The molecular weight excluding hydrogens is 460 g/mol. The molecule has 4 N–H and O–H groups in total. The van der Waals surface area contributed by atoms with E-state index in [1.165, 1.54) is 5.12 Å². The fourth-order valence-electron chi connectivity index (χ4n) is 4.38. The maximum Gasteiger partial charge on any atom is 0.277 e. The molecule has 2 heterocycles.